The largest absolute Gasteiger partial charge is 0.298 e. The Morgan fingerprint density at radius 3 is 2.81 bits per heavy atom. The van der Waals surface area contributed by atoms with Crippen LogP contribution in [-0.4, -0.2) is 13.1 Å². The van der Waals surface area contributed by atoms with Crippen molar-refractivity contribution in [1.29, 1.82) is 5.26 Å². The van der Waals surface area contributed by atoms with Gasteiger partial charge in [0, 0.05) is 11.5 Å². The summed E-state index contributed by atoms with van der Waals surface area (Å²) in [4.78, 5) is 2.66. The van der Waals surface area contributed by atoms with Gasteiger partial charge < -0.3 is 0 Å². The van der Waals surface area contributed by atoms with E-state index in [2.05, 4.69) is 21.4 Å². The fourth-order valence-electron chi connectivity index (χ4n) is 1.32. The summed E-state index contributed by atoms with van der Waals surface area (Å²) in [5.74, 6) is 0. The molecule has 5 heteroatoms. The molecule has 0 fully saturated rings. The van der Waals surface area contributed by atoms with E-state index in [-0.39, 0.29) is 6.04 Å². The lowest BCUT2D eigenvalue weighted by molar-refractivity contribution is 0.607. The normalized spacial score (nSPS) is 11.2. The monoisotopic (exact) mass is 215 g/mol. The molecule has 1 aromatic carbocycles. The van der Waals surface area contributed by atoms with Crippen molar-refractivity contribution in [2.45, 2.75) is 12.5 Å². The zero-order valence-electron chi connectivity index (χ0n) is 8.87. The Morgan fingerprint density at radius 2 is 2.19 bits per heavy atom. The molecule has 0 saturated heterocycles. The first-order valence-electron chi connectivity index (χ1n) is 5.07. The SMILES string of the molecule is N#CC(NCCCN=[N+]=[N-])c1ccccc1. The Bertz CT molecular complexity index is 389. The maximum absolute atomic E-state index is 8.99. The van der Waals surface area contributed by atoms with Crippen molar-refractivity contribution >= 4 is 0 Å². The van der Waals surface area contributed by atoms with Gasteiger partial charge in [-0.15, -0.1) is 0 Å². The number of hydrogen-bond acceptors (Lipinski definition) is 3. The van der Waals surface area contributed by atoms with Crippen LogP contribution < -0.4 is 5.32 Å². The molecule has 0 aliphatic heterocycles. The lowest BCUT2D eigenvalue weighted by atomic mass is 10.1. The highest BCUT2D eigenvalue weighted by molar-refractivity contribution is 5.23. The van der Waals surface area contributed by atoms with Gasteiger partial charge in [0.2, 0.25) is 0 Å². The minimum atomic E-state index is -0.299. The molecule has 1 unspecified atom stereocenters. The van der Waals surface area contributed by atoms with E-state index in [9.17, 15) is 0 Å². The summed E-state index contributed by atoms with van der Waals surface area (Å²) in [5, 5.41) is 15.5. The molecule has 1 N–H and O–H groups in total. The van der Waals surface area contributed by atoms with E-state index in [1.54, 1.807) is 0 Å². The fourth-order valence-corrected chi connectivity index (χ4v) is 1.32. The average molecular weight is 215 g/mol. The van der Waals surface area contributed by atoms with Crippen molar-refractivity contribution < 1.29 is 0 Å². The number of rotatable bonds is 6. The molecule has 82 valence electrons. The first kappa shape index (κ1) is 12.1. The molecule has 0 bridgehead atoms. The molecular formula is C11H13N5. The van der Waals surface area contributed by atoms with E-state index in [4.69, 9.17) is 10.8 Å². The second-order valence-electron chi connectivity index (χ2n) is 3.23. The van der Waals surface area contributed by atoms with E-state index in [0.717, 1.165) is 12.0 Å². The topological polar surface area (TPSA) is 84.6 Å². The molecule has 1 rings (SSSR count). The van der Waals surface area contributed by atoms with Gasteiger partial charge in [-0.05, 0) is 24.1 Å². The van der Waals surface area contributed by atoms with Crippen LogP contribution >= 0.6 is 0 Å². The van der Waals surface area contributed by atoms with Crippen molar-refractivity contribution in [3.8, 4) is 6.07 Å². The Kier molecular flexibility index (Phi) is 5.49. The van der Waals surface area contributed by atoms with Gasteiger partial charge in [-0.3, -0.25) is 5.32 Å². The number of nitrogens with one attached hydrogen (secondary N) is 1. The third-order valence-electron chi connectivity index (χ3n) is 2.11. The standard InChI is InChI=1S/C11H13N5/c12-9-11(10-5-2-1-3-6-10)14-7-4-8-15-16-13/h1-3,5-6,11,14H,4,7-8H2. The zero-order valence-corrected chi connectivity index (χ0v) is 8.87. The molecule has 0 aromatic heterocycles. The van der Waals surface area contributed by atoms with Gasteiger partial charge >= 0.3 is 0 Å². The van der Waals surface area contributed by atoms with Gasteiger partial charge in [0.05, 0.1) is 6.07 Å². The maximum atomic E-state index is 8.99. The third kappa shape index (κ3) is 4.01. The Hall–Kier alpha value is -2.02. The van der Waals surface area contributed by atoms with Crippen LogP contribution in [0.5, 0.6) is 0 Å². The molecule has 0 saturated carbocycles. The zero-order chi connectivity index (χ0) is 11.6. The number of azide groups is 1. The molecule has 0 radical (unpaired) electrons. The first-order chi connectivity index (χ1) is 7.88. The molecule has 0 spiro atoms. The van der Waals surface area contributed by atoms with Crippen LogP contribution in [0.1, 0.15) is 18.0 Å². The van der Waals surface area contributed by atoms with Crippen LogP contribution in [-0.2, 0) is 0 Å². The van der Waals surface area contributed by atoms with Crippen LogP contribution in [0.2, 0.25) is 0 Å². The summed E-state index contributed by atoms with van der Waals surface area (Å²) in [6.07, 6.45) is 0.731. The lowest BCUT2D eigenvalue weighted by Gasteiger charge is -2.10. The van der Waals surface area contributed by atoms with E-state index in [0.29, 0.717) is 13.1 Å². The molecule has 1 aromatic rings. The van der Waals surface area contributed by atoms with E-state index >= 15 is 0 Å². The van der Waals surface area contributed by atoms with Crippen molar-refractivity contribution in [2.24, 2.45) is 5.11 Å². The second kappa shape index (κ2) is 7.30. The highest BCUT2D eigenvalue weighted by Gasteiger charge is 2.07. The maximum Gasteiger partial charge on any atom is 0.121 e. The first-order valence-corrected chi connectivity index (χ1v) is 5.07. The van der Waals surface area contributed by atoms with Crippen LogP contribution in [0.25, 0.3) is 10.4 Å². The molecule has 0 amide bonds. The third-order valence-corrected chi connectivity index (χ3v) is 2.11. The molecule has 5 nitrogen and oxygen atoms in total. The highest BCUT2D eigenvalue weighted by Crippen LogP contribution is 2.10. The molecule has 16 heavy (non-hydrogen) atoms. The summed E-state index contributed by atoms with van der Waals surface area (Å²) in [6.45, 7) is 1.11. The van der Waals surface area contributed by atoms with Crippen molar-refractivity contribution in [2.75, 3.05) is 13.1 Å². The predicted octanol–water partition coefficient (Wildman–Crippen LogP) is 2.54. The summed E-state index contributed by atoms with van der Waals surface area (Å²) in [6, 6.07) is 11.4. The summed E-state index contributed by atoms with van der Waals surface area (Å²) in [7, 11) is 0. The molecule has 0 aliphatic carbocycles. The molecular weight excluding hydrogens is 202 g/mol. The minimum absolute atomic E-state index is 0.299. The lowest BCUT2D eigenvalue weighted by Crippen LogP contribution is -2.21. The minimum Gasteiger partial charge on any atom is -0.298 e. The van der Waals surface area contributed by atoms with Crippen molar-refractivity contribution in [3.05, 3.63) is 46.3 Å². The highest BCUT2D eigenvalue weighted by atomic mass is 15.1. The quantitative estimate of drug-likeness (QED) is 0.342. The summed E-state index contributed by atoms with van der Waals surface area (Å²) in [5.41, 5.74) is 9.04. The van der Waals surface area contributed by atoms with Crippen LogP contribution in [0, 0.1) is 11.3 Å². The number of benzene rings is 1. The van der Waals surface area contributed by atoms with Gasteiger partial charge in [0.25, 0.3) is 0 Å². The van der Waals surface area contributed by atoms with Crippen LogP contribution in [0.3, 0.4) is 0 Å². The predicted molar refractivity (Wildman–Crippen MR) is 61.4 cm³/mol. The van der Waals surface area contributed by atoms with Crippen LogP contribution in [0.15, 0.2) is 35.4 Å². The number of hydrogen-bond donors (Lipinski definition) is 1. The Labute approximate surface area is 94.3 Å². The van der Waals surface area contributed by atoms with Crippen LogP contribution in [0.4, 0.5) is 0 Å². The van der Waals surface area contributed by atoms with Gasteiger partial charge in [-0.2, -0.15) is 5.26 Å². The molecule has 0 aliphatic rings. The van der Waals surface area contributed by atoms with Gasteiger partial charge in [-0.25, -0.2) is 0 Å². The van der Waals surface area contributed by atoms with E-state index in [1.165, 1.54) is 0 Å². The van der Waals surface area contributed by atoms with E-state index in [1.807, 2.05) is 30.3 Å². The second-order valence-corrected chi connectivity index (χ2v) is 3.23. The molecule has 1 atom stereocenters. The smallest absolute Gasteiger partial charge is 0.121 e. The van der Waals surface area contributed by atoms with Crippen molar-refractivity contribution in [1.82, 2.24) is 5.32 Å². The van der Waals surface area contributed by atoms with E-state index < -0.39 is 0 Å². The summed E-state index contributed by atoms with van der Waals surface area (Å²) < 4.78 is 0. The van der Waals surface area contributed by atoms with Gasteiger partial charge in [0.15, 0.2) is 0 Å². The fraction of sp³-hybridized carbons (Fsp3) is 0.364. The summed E-state index contributed by atoms with van der Waals surface area (Å²) >= 11 is 0. The average Bonchev–Trinajstić information content (AvgIpc) is 2.35. The number of nitrogens with zero attached hydrogens (tertiary/aromatic N) is 4. The van der Waals surface area contributed by atoms with Crippen molar-refractivity contribution in [3.63, 3.8) is 0 Å². The van der Waals surface area contributed by atoms with Gasteiger partial charge in [0.1, 0.15) is 6.04 Å². The molecule has 0 heterocycles. The number of nitriles is 1. The van der Waals surface area contributed by atoms with Gasteiger partial charge in [-0.1, -0.05) is 35.4 Å². The Balaban J connectivity index is 2.39. The Morgan fingerprint density at radius 1 is 1.44 bits per heavy atom.